The molecule has 10 heteroatoms. The molecule has 1 fully saturated rings. The number of aromatic nitrogens is 2. The Labute approximate surface area is 192 Å². The molecule has 172 valence electrons. The number of nitrogens with one attached hydrogen (secondary N) is 2. The van der Waals surface area contributed by atoms with E-state index in [2.05, 4.69) is 39.6 Å². The van der Waals surface area contributed by atoms with Crippen LogP contribution in [-0.4, -0.2) is 77.0 Å². The van der Waals surface area contributed by atoms with Crippen molar-refractivity contribution in [3.05, 3.63) is 40.3 Å². The second-order valence-electron chi connectivity index (χ2n) is 7.64. The van der Waals surface area contributed by atoms with E-state index in [0.717, 1.165) is 43.8 Å². The molecular formula is C22H30N6O3S. The number of piperidine rings is 1. The standard InChI is InChI=1S/C22H30N6O3S/c1-3-27(4-2)14-12-23-18(29)16-9-8-13-28(15-16)22(31)21-26-25-20(32-21)19(30)24-17-10-6-5-7-11-17/h5-7,10-11,16H,3-4,8-9,12-15H2,1-2H3,(H,23,29)(H,24,30)/t16-/m0/s1. The van der Waals surface area contributed by atoms with Gasteiger partial charge in [0.1, 0.15) is 0 Å². The van der Waals surface area contributed by atoms with Gasteiger partial charge in [-0.25, -0.2) is 0 Å². The zero-order valence-electron chi connectivity index (χ0n) is 18.5. The first-order valence-corrected chi connectivity index (χ1v) is 11.8. The summed E-state index contributed by atoms with van der Waals surface area (Å²) in [5, 5.41) is 13.8. The Bertz CT molecular complexity index is 915. The van der Waals surface area contributed by atoms with Gasteiger partial charge in [-0.3, -0.25) is 14.4 Å². The normalized spacial score (nSPS) is 16.1. The Morgan fingerprint density at radius 1 is 1.12 bits per heavy atom. The van der Waals surface area contributed by atoms with E-state index in [1.54, 1.807) is 17.0 Å². The zero-order valence-corrected chi connectivity index (χ0v) is 19.4. The molecule has 1 saturated heterocycles. The van der Waals surface area contributed by atoms with Crippen molar-refractivity contribution < 1.29 is 14.4 Å². The van der Waals surface area contributed by atoms with Gasteiger partial charge in [0.15, 0.2) is 0 Å². The molecule has 0 aliphatic carbocycles. The van der Waals surface area contributed by atoms with Crippen molar-refractivity contribution >= 4 is 34.7 Å². The number of benzene rings is 1. The molecule has 1 aromatic carbocycles. The number of hydrogen-bond donors (Lipinski definition) is 2. The summed E-state index contributed by atoms with van der Waals surface area (Å²) in [5.74, 6) is -0.952. The van der Waals surface area contributed by atoms with E-state index in [0.29, 0.717) is 25.3 Å². The molecule has 1 aliphatic heterocycles. The molecule has 0 spiro atoms. The summed E-state index contributed by atoms with van der Waals surface area (Å²) in [7, 11) is 0. The number of nitrogens with zero attached hydrogens (tertiary/aromatic N) is 4. The molecule has 2 N–H and O–H groups in total. The van der Waals surface area contributed by atoms with E-state index in [9.17, 15) is 14.4 Å². The molecule has 2 heterocycles. The second kappa shape index (κ2) is 11.7. The molecule has 9 nitrogen and oxygen atoms in total. The molecule has 32 heavy (non-hydrogen) atoms. The van der Waals surface area contributed by atoms with Crippen molar-refractivity contribution in [2.75, 3.05) is 44.6 Å². The Kier molecular flexibility index (Phi) is 8.69. The molecule has 0 unspecified atom stereocenters. The van der Waals surface area contributed by atoms with Crippen molar-refractivity contribution in [2.45, 2.75) is 26.7 Å². The lowest BCUT2D eigenvalue weighted by atomic mass is 9.97. The summed E-state index contributed by atoms with van der Waals surface area (Å²) in [5.41, 5.74) is 0.645. The Hall–Kier alpha value is -2.85. The molecular weight excluding hydrogens is 428 g/mol. The number of anilines is 1. The summed E-state index contributed by atoms with van der Waals surface area (Å²) >= 11 is 0.962. The van der Waals surface area contributed by atoms with Gasteiger partial charge in [-0.05, 0) is 38.1 Å². The van der Waals surface area contributed by atoms with E-state index >= 15 is 0 Å². The highest BCUT2D eigenvalue weighted by Gasteiger charge is 2.30. The highest BCUT2D eigenvalue weighted by atomic mass is 32.1. The van der Waals surface area contributed by atoms with Gasteiger partial charge in [-0.2, -0.15) is 0 Å². The lowest BCUT2D eigenvalue weighted by Crippen LogP contribution is -2.46. The second-order valence-corrected chi connectivity index (χ2v) is 8.62. The van der Waals surface area contributed by atoms with Crippen molar-refractivity contribution in [2.24, 2.45) is 5.92 Å². The largest absolute Gasteiger partial charge is 0.355 e. The maximum absolute atomic E-state index is 12.9. The molecule has 1 aromatic heterocycles. The number of carbonyl (C=O) groups excluding carboxylic acids is 3. The maximum atomic E-state index is 12.9. The van der Waals surface area contributed by atoms with Crippen LogP contribution in [0.2, 0.25) is 0 Å². The third-order valence-corrected chi connectivity index (χ3v) is 6.44. The van der Waals surface area contributed by atoms with Crippen LogP contribution in [-0.2, 0) is 4.79 Å². The fourth-order valence-corrected chi connectivity index (χ4v) is 4.35. The van der Waals surface area contributed by atoms with Crippen LogP contribution in [0.3, 0.4) is 0 Å². The first-order valence-electron chi connectivity index (χ1n) is 11.0. The van der Waals surface area contributed by atoms with E-state index in [-0.39, 0.29) is 27.7 Å². The molecule has 3 rings (SSSR count). The molecule has 0 radical (unpaired) electrons. The van der Waals surface area contributed by atoms with Gasteiger partial charge in [-0.15, -0.1) is 10.2 Å². The van der Waals surface area contributed by atoms with Crippen molar-refractivity contribution in [1.29, 1.82) is 0 Å². The number of rotatable bonds is 9. The van der Waals surface area contributed by atoms with Crippen LogP contribution in [0.15, 0.2) is 30.3 Å². The predicted molar refractivity (Wildman–Crippen MR) is 124 cm³/mol. The third-order valence-electron chi connectivity index (χ3n) is 5.53. The molecule has 0 bridgehead atoms. The maximum Gasteiger partial charge on any atom is 0.286 e. The van der Waals surface area contributed by atoms with Gasteiger partial charge in [-0.1, -0.05) is 43.4 Å². The van der Waals surface area contributed by atoms with Crippen LogP contribution >= 0.6 is 11.3 Å². The van der Waals surface area contributed by atoms with Crippen LogP contribution in [0.25, 0.3) is 0 Å². The average Bonchev–Trinajstić information content (AvgIpc) is 3.32. The van der Waals surface area contributed by atoms with Crippen LogP contribution < -0.4 is 10.6 Å². The zero-order chi connectivity index (χ0) is 22.9. The SMILES string of the molecule is CCN(CC)CCNC(=O)[C@H]1CCCN(C(=O)c2nnc(C(=O)Nc3ccccc3)s2)C1. The van der Waals surface area contributed by atoms with E-state index in [1.165, 1.54) is 0 Å². The van der Waals surface area contributed by atoms with Crippen molar-refractivity contribution in [3.8, 4) is 0 Å². The number of carbonyl (C=O) groups is 3. The summed E-state index contributed by atoms with van der Waals surface area (Å²) in [6.45, 7) is 8.42. The van der Waals surface area contributed by atoms with Gasteiger partial charge in [0, 0.05) is 31.9 Å². The first-order chi connectivity index (χ1) is 15.5. The molecule has 1 atom stereocenters. The fraction of sp³-hybridized carbons (Fsp3) is 0.500. The Morgan fingerprint density at radius 3 is 2.56 bits per heavy atom. The number of para-hydroxylation sites is 1. The lowest BCUT2D eigenvalue weighted by Gasteiger charge is -2.31. The van der Waals surface area contributed by atoms with E-state index in [1.807, 2.05) is 18.2 Å². The topological polar surface area (TPSA) is 108 Å². The fourth-order valence-electron chi connectivity index (χ4n) is 3.64. The van der Waals surface area contributed by atoms with Crippen LogP contribution in [0.4, 0.5) is 5.69 Å². The summed E-state index contributed by atoms with van der Waals surface area (Å²) in [6, 6.07) is 9.03. The third kappa shape index (κ3) is 6.33. The minimum Gasteiger partial charge on any atom is -0.355 e. The van der Waals surface area contributed by atoms with Crippen molar-refractivity contribution in [3.63, 3.8) is 0 Å². The molecule has 1 aliphatic rings. The Balaban J connectivity index is 1.53. The van der Waals surface area contributed by atoms with Crippen LogP contribution in [0.1, 0.15) is 46.3 Å². The highest BCUT2D eigenvalue weighted by Crippen LogP contribution is 2.21. The van der Waals surface area contributed by atoms with Gasteiger partial charge in [0.05, 0.1) is 5.92 Å². The van der Waals surface area contributed by atoms with Crippen LogP contribution in [0.5, 0.6) is 0 Å². The monoisotopic (exact) mass is 458 g/mol. The van der Waals surface area contributed by atoms with Gasteiger partial charge in [0.25, 0.3) is 11.8 Å². The van der Waals surface area contributed by atoms with E-state index < -0.39 is 5.91 Å². The number of hydrogen-bond acceptors (Lipinski definition) is 7. The predicted octanol–water partition coefficient (Wildman–Crippen LogP) is 2.10. The quantitative estimate of drug-likeness (QED) is 0.596. The number of amides is 3. The van der Waals surface area contributed by atoms with Gasteiger partial charge >= 0.3 is 0 Å². The first kappa shape index (κ1) is 23.8. The minimum absolute atomic E-state index is 0.0187. The smallest absolute Gasteiger partial charge is 0.286 e. The lowest BCUT2D eigenvalue weighted by molar-refractivity contribution is -0.126. The average molecular weight is 459 g/mol. The van der Waals surface area contributed by atoms with E-state index in [4.69, 9.17) is 0 Å². The molecule has 3 amide bonds. The van der Waals surface area contributed by atoms with Crippen LogP contribution in [0, 0.1) is 5.92 Å². The highest BCUT2D eigenvalue weighted by molar-refractivity contribution is 7.15. The number of likely N-dealkylation sites (N-methyl/N-ethyl adjacent to an activating group) is 1. The molecule has 2 aromatic rings. The van der Waals surface area contributed by atoms with Crippen molar-refractivity contribution in [1.82, 2.24) is 25.3 Å². The molecule has 0 saturated carbocycles. The van der Waals surface area contributed by atoms with Gasteiger partial charge < -0.3 is 20.4 Å². The minimum atomic E-state index is -0.406. The Morgan fingerprint density at radius 2 is 1.84 bits per heavy atom. The van der Waals surface area contributed by atoms with Gasteiger partial charge in [0.2, 0.25) is 15.9 Å². The summed E-state index contributed by atoms with van der Waals surface area (Å²) in [6.07, 6.45) is 1.50. The summed E-state index contributed by atoms with van der Waals surface area (Å²) < 4.78 is 0. The number of likely N-dealkylation sites (tertiary alicyclic amines) is 1. The summed E-state index contributed by atoms with van der Waals surface area (Å²) in [4.78, 5) is 41.7.